The molecule has 25 heavy (non-hydrogen) atoms. The van der Waals surface area contributed by atoms with Crippen molar-refractivity contribution in [3.8, 4) is 11.1 Å². The van der Waals surface area contributed by atoms with E-state index < -0.39 is 17.9 Å². The second-order valence-corrected chi connectivity index (χ2v) is 4.98. The second-order valence-electron chi connectivity index (χ2n) is 4.98. The molecule has 0 saturated carbocycles. The van der Waals surface area contributed by atoms with Gasteiger partial charge in [0.15, 0.2) is 0 Å². The topological polar surface area (TPSA) is 78.9 Å². The lowest BCUT2D eigenvalue weighted by Crippen LogP contribution is -2.19. The molecule has 0 aliphatic rings. The quantitative estimate of drug-likeness (QED) is 0.614. The summed E-state index contributed by atoms with van der Waals surface area (Å²) in [6.45, 7) is 1.78. The Morgan fingerprint density at radius 3 is 2.00 bits per heavy atom. The lowest BCUT2D eigenvalue weighted by molar-refractivity contribution is 0.0500. The monoisotopic (exact) mass is 342 g/mol. The fourth-order valence-electron chi connectivity index (χ4n) is 2.47. The van der Waals surface area contributed by atoms with Crippen LogP contribution >= 0.6 is 0 Å². The van der Waals surface area contributed by atoms with Gasteiger partial charge in [-0.05, 0) is 24.1 Å². The molecule has 0 fully saturated rings. The molecule has 0 amide bonds. The number of methoxy groups -OCH3 is 2. The third kappa shape index (κ3) is 3.68. The summed E-state index contributed by atoms with van der Waals surface area (Å²) in [5.41, 5.74) is 0.910. The molecule has 6 heteroatoms. The summed E-state index contributed by atoms with van der Waals surface area (Å²) < 4.78 is 14.6. The Morgan fingerprint density at radius 1 is 0.800 bits per heavy atom. The summed E-state index contributed by atoms with van der Waals surface area (Å²) in [7, 11) is 2.37. The van der Waals surface area contributed by atoms with Crippen LogP contribution in [0.5, 0.6) is 0 Å². The van der Waals surface area contributed by atoms with E-state index in [1.807, 2.05) is 6.07 Å². The summed E-state index contributed by atoms with van der Waals surface area (Å²) in [5.74, 6) is -2.28. The molecule has 0 atom stereocenters. The third-order valence-corrected chi connectivity index (χ3v) is 3.56. The lowest BCUT2D eigenvalue weighted by Gasteiger charge is -2.16. The van der Waals surface area contributed by atoms with Gasteiger partial charge in [0.2, 0.25) is 0 Å². The Labute approximate surface area is 145 Å². The largest absolute Gasteiger partial charge is 0.465 e. The molecule has 0 aromatic heterocycles. The van der Waals surface area contributed by atoms with E-state index >= 15 is 0 Å². The van der Waals surface area contributed by atoms with Gasteiger partial charge in [0, 0.05) is 0 Å². The van der Waals surface area contributed by atoms with Gasteiger partial charge < -0.3 is 14.2 Å². The predicted molar refractivity (Wildman–Crippen MR) is 90.5 cm³/mol. The Kier molecular flexibility index (Phi) is 5.89. The highest BCUT2D eigenvalue weighted by atomic mass is 16.5. The fraction of sp³-hybridized carbons (Fsp3) is 0.211. The molecule has 130 valence electrons. The van der Waals surface area contributed by atoms with Crippen LogP contribution in [0.1, 0.15) is 38.0 Å². The molecule has 0 spiro atoms. The van der Waals surface area contributed by atoms with E-state index in [0.717, 1.165) is 0 Å². The highest BCUT2D eigenvalue weighted by Gasteiger charge is 2.29. The zero-order chi connectivity index (χ0) is 18.4. The average molecular weight is 342 g/mol. The van der Waals surface area contributed by atoms with Crippen molar-refractivity contribution in [1.82, 2.24) is 0 Å². The second kappa shape index (κ2) is 8.10. The van der Waals surface area contributed by atoms with Gasteiger partial charge in [0.05, 0.1) is 37.5 Å². The summed E-state index contributed by atoms with van der Waals surface area (Å²) in [4.78, 5) is 36.9. The zero-order valence-corrected chi connectivity index (χ0v) is 14.2. The summed E-state index contributed by atoms with van der Waals surface area (Å²) in [6, 6.07) is 12.0. The van der Waals surface area contributed by atoms with Gasteiger partial charge in [0.1, 0.15) is 0 Å². The maximum atomic E-state index is 12.6. The van der Waals surface area contributed by atoms with Crippen molar-refractivity contribution in [2.75, 3.05) is 20.8 Å². The van der Waals surface area contributed by atoms with E-state index in [9.17, 15) is 14.4 Å². The maximum absolute atomic E-state index is 12.6. The van der Waals surface area contributed by atoms with Gasteiger partial charge in [-0.15, -0.1) is 0 Å². The summed E-state index contributed by atoms with van der Waals surface area (Å²) in [5, 5.41) is 0. The molecule has 6 nitrogen and oxygen atoms in total. The van der Waals surface area contributed by atoms with Crippen LogP contribution in [0.4, 0.5) is 0 Å². The number of benzene rings is 2. The predicted octanol–water partition coefficient (Wildman–Crippen LogP) is 3.10. The first kappa shape index (κ1) is 18.2. The van der Waals surface area contributed by atoms with Crippen molar-refractivity contribution in [1.29, 1.82) is 0 Å². The number of esters is 3. The summed E-state index contributed by atoms with van der Waals surface area (Å²) in [6.07, 6.45) is 0. The van der Waals surface area contributed by atoms with Crippen LogP contribution in [0, 0.1) is 0 Å². The van der Waals surface area contributed by atoms with Crippen molar-refractivity contribution >= 4 is 17.9 Å². The van der Waals surface area contributed by atoms with Crippen molar-refractivity contribution in [2.45, 2.75) is 6.92 Å². The van der Waals surface area contributed by atoms with Gasteiger partial charge in [0.25, 0.3) is 0 Å². The van der Waals surface area contributed by atoms with E-state index in [2.05, 4.69) is 0 Å². The van der Waals surface area contributed by atoms with Crippen LogP contribution in [-0.2, 0) is 14.2 Å². The minimum absolute atomic E-state index is 0.0252. The van der Waals surface area contributed by atoms with Crippen LogP contribution < -0.4 is 0 Å². The molecule has 2 aromatic carbocycles. The van der Waals surface area contributed by atoms with Gasteiger partial charge in [-0.2, -0.15) is 0 Å². The Hall–Kier alpha value is -3.15. The lowest BCUT2D eigenvalue weighted by atomic mass is 9.91. The van der Waals surface area contributed by atoms with Crippen LogP contribution in [-0.4, -0.2) is 38.7 Å². The van der Waals surface area contributed by atoms with Crippen molar-refractivity contribution < 1.29 is 28.6 Å². The molecule has 2 aromatic rings. The molecule has 0 unspecified atom stereocenters. The van der Waals surface area contributed by atoms with Crippen LogP contribution in [0.25, 0.3) is 11.1 Å². The molecule has 2 rings (SSSR count). The normalized spacial score (nSPS) is 10.0. The van der Waals surface area contributed by atoms with E-state index in [1.165, 1.54) is 20.3 Å². The number of rotatable bonds is 5. The van der Waals surface area contributed by atoms with Gasteiger partial charge in [-0.25, -0.2) is 14.4 Å². The smallest absolute Gasteiger partial charge is 0.339 e. The van der Waals surface area contributed by atoms with E-state index in [-0.39, 0.29) is 23.3 Å². The molecule has 0 radical (unpaired) electrons. The van der Waals surface area contributed by atoms with E-state index in [4.69, 9.17) is 14.2 Å². The van der Waals surface area contributed by atoms with Gasteiger partial charge in [-0.3, -0.25) is 0 Å². The molecular weight excluding hydrogens is 324 g/mol. The minimum Gasteiger partial charge on any atom is -0.465 e. The standard InChI is InChI=1S/C19H18O6/c1-4-25-19(22)15-13(12-8-6-5-7-9-12)10-11-14(17(20)23-2)16(15)18(21)24-3/h5-11H,4H2,1-3H3. The number of hydrogen-bond acceptors (Lipinski definition) is 6. The molecule has 0 aliphatic carbocycles. The summed E-state index contributed by atoms with van der Waals surface area (Å²) >= 11 is 0. The average Bonchev–Trinajstić information content (AvgIpc) is 2.66. The van der Waals surface area contributed by atoms with Crippen molar-refractivity contribution in [3.63, 3.8) is 0 Å². The number of carbonyl (C=O) groups excluding carboxylic acids is 3. The molecule has 0 bridgehead atoms. The number of ether oxygens (including phenoxy) is 3. The zero-order valence-electron chi connectivity index (χ0n) is 14.2. The number of hydrogen-bond donors (Lipinski definition) is 0. The van der Waals surface area contributed by atoms with Crippen molar-refractivity contribution in [2.24, 2.45) is 0 Å². The Morgan fingerprint density at radius 2 is 1.44 bits per heavy atom. The SMILES string of the molecule is CCOC(=O)c1c(-c2ccccc2)ccc(C(=O)OC)c1C(=O)OC. The van der Waals surface area contributed by atoms with Crippen molar-refractivity contribution in [3.05, 3.63) is 59.2 Å². The molecule has 0 saturated heterocycles. The van der Waals surface area contributed by atoms with Gasteiger partial charge in [-0.1, -0.05) is 36.4 Å². The fourth-order valence-corrected chi connectivity index (χ4v) is 2.47. The Bertz CT molecular complexity index is 795. The first-order chi connectivity index (χ1) is 12.0. The van der Waals surface area contributed by atoms with E-state index in [1.54, 1.807) is 37.3 Å². The maximum Gasteiger partial charge on any atom is 0.339 e. The molecular formula is C19H18O6. The highest BCUT2D eigenvalue weighted by Crippen LogP contribution is 2.30. The van der Waals surface area contributed by atoms with E-state index in [0.29, 0.717) is 11.1 Å². The Balaban J connectivity index is 2.84. The first-order valence-electron chi connectivity index (χ1n) is 7.61. The van der Waals surface area contributed by atoms with Crippen LogP contribution in [0.2, 0.25) is 0 Å². The van der Waals surface area contributed by atoms with Crippen LogP contribution in [0.3, 0.4) is 0 Å². The molecule has 0 heterocycles. The minimum atomic E-state index is -0.818. The first-order valence-corrected chi connectivity index (χ1v) is 7.61. The highest BCUT2D eigenvalue weighted by molar-refractivity contribution is 6.13. The molecule has 0 N–H and O–H groups in total. The third-order valence-electron chi connectivity index (χ3n) is 3.56. The number of carbonyl (C=O) groups is 3. The molecule has 0 aliphatic heterocycles. The van der Waals surface area contributed by atoms with Crippen LogP contribution in [0.15, 0.2) is 42.5 Å². The van der Waals surface area contributed by atoms with Gasteiger partial charge >= 0.3 is 17.9 Å².